The number of aromatic amines is 1. The Balaban J connectivity index is 1.63. The summed E-state index contributed by atoms with van der Waals surface area (Å²) in [6, 6.07) is 12.0. The van der Waals surface area contributed by atoms with Gasteiger partial charge in [0.15, 0.2) is 0 Å². The van der Waals surface area contributed by atoms with E-state index in [4.69, 9.17) is 11.6 Å². The van der Waals surface area contributed by atoms with Gasteiger partial charge in [-0.1, -0.05) is 23.7 Å². The second kappa shape index (κ2) is 6.41. The first-order chi connectivity index (χ1) is 12.6. The van der Waals surface area contributed by atoms with Crippen LogP contribution < -0.4 is 0 Å². The zero-order chi connectivity index (χ0) is 18.1. The number of nitro groups is 1. The Labute approximate surface area is 151 Å². The first kappa shape index (κ1) is 16.0. The van der Waals surface area contributed by atoms with Crippen molar-refractivity contribution < 1.29 is 4.92 Å². The molecule has 8 nitrogen and oxygen atoms in total. The number of halogens is 1. The summed E-state index contributed by atoms with van der Waals surface area (Å²) in [6.45, 7) is 0. The average Bonchev–Trinajstić information content (AvgIpc) is 3.31. The van der Waals surface area contributed by atoms with Crippen molar-refractivity contribution in [2.45, 2.75) is 0 Å². The van der Waals surface area contributed by atoms with Gasteiger partial charge in [0.2, 0.25) is 0 Å². The van der Waals surface area contributed by atoms with E-state index in [0.29, 0.717) is 21.9 Å². The van der Waals surface area contributed by atoms with Crippen molar-refractivity contribution in [3.05, 3.63) is 76.6 Å². The number of aromatic nitrogens is 5. The number of imidazole rings is 1. The van der Waals surface area contributed by atoms with Crippen LogP contribution in [0.3, 0.4) is 0 Å². The second-order valence-corrected chi connectivity index (χ2v) is 5.88. The summed E-state index contributed by atoms with van der Waals surface area (Å²) in [5, 5.41) is 15.3. The Morgan fingerprint density at radius 2 is 2.04 bits per heavy atom. The molecule has 128 valence electrons. The van der Waals surface area contributed by atoms with Crippen LogP contribution >= 0.6 is 11.6 Å². The van der Waals surface area contributed by atoms with Crippen LogP contribution in [0.1, 0.15) is 11.4 Å². The summed E-state index contributed by atoms with van der Waals surface area (Å²) in [6.07, 6.45) is 4.85. The monoisotopic (exact) mass is 366 g/mol. The van der Waals surface area contributed by atoms with E-state index in [2.05, 4.69) is 20.1 Å². The molecule has 0 bridgehead atoms. The smallest absolute Gasteiger partial charge is 0.271 e. The molecule has 0 spiro atoms. The predicted molar refractivity (Wildman–Crippen MR) is 97.8 cm³/mol. The van der Waals surface area contributed by atoms with Gasteiger partial charge in [-0.15, -0.1) is 0 Å². The SMILES string of the molecule is O=[N+]([O-])c1ccc2nc(/C(Cl)=C/c3ccc(-n4cncn4)cc3)[nH]c2c1. The topological polar surface area (TPSA) is 103 Å². The van der Waals surface area contributed by atoms with Gasteiger partial charge in [-0.25, -0.2) is 14.6 Å². The molecule has 0 saturated carbocycles. The average molecular weight is 367 g/mol. The summed E-state index contributed by atoms with van der Waals surface area (Å²) in [5.41, 5.74) is 2.93. The molecule has 0 aliphatic rings. The van der Waals surface area contributed by atoms with Gasteiger partial charge in [-0.2, -0.15) is 5.10 Å². The molecule has 2 aromatic carbocycles. The molecule has 0 aliphatic heterocycles. The third-order valence-electron chi connectivity index (χ3n) is 3.77. The summed E-state index contributed by atoms with van der Waals surface area (Å²) in [5.74, 6) is 0.447. The highest BCUT2D eigenvalue weighted by Crippen LogP contribution is 2.25. The van der Waals surface area contributed by atoms with Crippen LogP contribution in [0.4, 0.5) is 5.69 Å². The highest BCUT2D eigenvalue weighted by molar-refractivity contribution is 6.50. The van der Waals surface area contributed by atoms with Crippen molar-refractivity contribution in [1.82, 2.24) is 24.7 Å². The maximum Gasteiger partial charge on any atom is 0.271 e. The largest absolute Gasteiger partial charge is 0.337 e. The molecule has 0 amide bonds. The van der Waals surface area contributed by atoms with E-state index in [1.54, 1.807) is 23.2 Å². The highest BCUT2D eigenvalue weighted by atomic mass is 35.5. The van der Waals surface area contributed by atoms with Crippen LogP contribution in [0, 0.1) is 10.1 Å². The van der Waals surface area contributed by atoms with Gasteiger partial charge in [0.05, 0.1) is 26.7 Å². The second-order valence-electron chi connectivity index (χ2n) is 5.47. The molecule has 2 aromatic heterocycles. The van der Waals surface area contributed by atoms with Crippen LogP contribution in [-0.4, -0.2) is 29.7 Å². The summed E-state index contributed by atoms with van der Waals surface area (Å²) in [4.78, 5) is 21.7. The third-order valence-corrected chi connectivity index (χ3v) is 4.06. The van der Waals surface area contributed by atoms with E-state index in [-0.39, 0.29) is 5.69 Å². The number of fused-ring (bicyclic) bond motifs is 1. The number of H-pyrrole nitrogens is 1. The summed E-state index contributed by atoms with van der Waals surface area (Å²) >= 11 is 6.36. The van der Waals surface area contributed by atoms with Gasteiger partial charge in [0.1, 0.15) is 18.5 Å². The lowest BCUT2D eigenvalue weighted by Crippen LogP contribution is -1.93. The van der Waals surface area contributed by atoms with Gasteiger partial charge >= 0.3 is 0 Å². The predicted octanol–water partition coefficient (Wildman–Crippen LogP) is 3.79. The molecular weight excluding hydrogens is 356 g/mol. The summed E-state index contributed by atoms with van der Waals surface area (Å²) in [7, 11) is 0. The maximum atomic E-state index is 10.9. The van der Waals surface area contributed by atoms with Gasteiger partial charge in [-0.3, -0.25) is 10.1 Å². The standard InChI is InChI=1S/C17H11ClN6O2/c18-14(7-11-1-3-12(4-2-11)23-10-19-9-20-23)17-21-15-6-5-13(24(25)26)8-16(15)22-17/h1-10H,(H,21,22)/b14-7-. The van der Waals surface area contributed by atoms with Crippen molar-refractivity contribution in [2.75, 3.05) is 0 Å². The molecule has 0 unspecified atom stereocenters. The first-order valence-electron chi connectivity index (χ1n) is 7.57. The molecule has 26 heavy (non-hydrogen) atoms. The Kier molecular flexibility index (Phi) is 3.94. The lowest BCUT2D eigenvalue weighted by Gasteiger charge is -2.01. The zero-order valence-corrected chi connectivity index (χ0v) is 14.0. The van der Waals surface area contributed by atoms with Gasteiger partial charge in [0, 0.05) is 12.1 Å². The Morgan fingerprint density at radius 1 is 1.23 bits per heavy atom. The fourth-order valence-corrected chi connectivity index (χ4v) is 2.72. The lowest BCUT2D eigenvalue weighted by molar-refractivity contribution is -0.384. The number of nitrogens with one attached hydrogen (secondary N) is 1. The van der Waals surface area contributed by atoms with Crippen molar-refractivity contribution in [3.8, 4) is 5.69 Å². The number of nitrogens with zero attached hydrogens (tertiary/aromatic N) is 5. The molecule has 0 saturated heterocycles. The van der Waals surface area contributed by atoms with Gasteiger partial charge in [-0.05, 0) is 29.8 Å². The number of hydrogen-bond acceptors (Lipinski definition) is 5. The van der Waals surface area contributed by atoms with E-state index in [1.807, 2.05) is 24.3 Å². The van der Waals surface area contributed by atoms with Gasteiger partial charge < -0.3 is 4.98 Å². The fourth-order valence-electron chi connectivity index (χ4n) is 2.50. The van der Waals surface area contributed by atoms with E-state index < -0.39 is 4.92 Å². The van der Waals surface area contributed by atoms with Crippen LogP contribution in [0.5, 0.6) is 0 Å². The van der Waals surface area contributed by atoms with Crippen molar-refractivity contribution >= 4 is 39.4 Å². The molecule has 1 N–H and O–H groups in total. The molecule has 0 fully saturated rings. The Bertz CT molecular complexity index is 1120. The fraction of sp³-hybridized carbons (Fsp3) is 0. The van der Waals surface area contributed by atoms with Crippen LogP contribution in [0.2, 0.25) is 0 Å². The highest BCUT2D eigenvalue weighted by Gasteiger charge is 2.11. The van der Waals surface area contributed by atoms with Crippen LogP contribution in [0.15, 0.2) is 55.1 Å². The first-order valence-corrected chi connectivity index (χ1v) is 7.95. The van der Waals surface area contributed by atoms with Gasteiger partial charge in [0.25, 0.3) is 5.69 Å². The lowest BCUT2D eigenvalue weighted by atomic mass is 10.2. The molecule has 0 atom stereocenters. The number of hydrogen-bond donors (Lipinski definition) is 1. The molecule has 2 heterocycles. The van der Waals surface area contributed by atoms with Crippen molar-refractivity contribution in [2.24, 2.45) is 0 Å². The minimum absolute atomic E-state index is 0.00324. The summed E-state index contributed by atoms with van der Waals surface area (Å²) < 4.78 is 1.65. The number of rotatable bonds is 4. The maximum absolute atomic E-state index is 10.9. The van der Waals surface area contributed by atoms with E-state index >= 15 is 0 Å². The number of non-ortho nitro benzene ring substituents is 1. The van der Waals surface area contributed by atoms with Crippen molar-refractivity contribution in [3.63, 3.8) is 0 Å². The molecule has 4 aromatic rings. The molecule has 0 radical (unpaired) electrons. The Morgan fingerprint density at radius 3 is 2.73 bits per heavy atom. The van der Waals surface area contributed by atoms with Crippen molar-refractivity contribution in [1.29, 1.82) is 0 Å². The Hall–Kier alpha value is -3.52. The minimum Gasteiger partial charge on any atom is -0.337 e. The molecule has 9 heteroatoms. The van der Waals surface area contributed by atoms with Crippen LogP contribution in [-0.2, 0) is 0 Å². The van der Waals surface area contributed by atoms with Crippen LogP contribution in [0.25, 0.3) is 27.8 Å². The minimum atomic E-state index is -0.450. The molecule has 4 rings (SSSR count). The van der Waals surface area contributed by atoms with E-state index in [0.717, 1.165) is 11.3 Å². The quantitative estimate of drug-likeness (QED) is 0.437. The van der Waals surface area contributed by atoms with E-state index in [1.165, 1.54) is 18.5 Å². The zero-order valence-electron chi connectivity index (χ0n) is 13.2. The number of benzene rings is 2. The number of nitro benzene ring substituents is 1. The third kappa shape index (κ3) is 3.05. The molecular formula is C17H11ClN6O2. The molecule has 0 aliphatic carbocycles. The van der Waals surface area contributed by atoms with E-state index in [9.17, 15) is 10.1 Å². The normalized spacial score (nSPS) is 11.8.